The summed E-state index contributed by atoms with van der Waals surface area (Å²) in [7, 11) is 0. The maximum Gasteiger partial charge on any atom is 0.329 e. The van der Waals surface area contributed by atoms with E-state index in [1.54, 1.807) is 5.43 Å². The van der Waals surface area contributed by atoms with Gasteiger partial charge in [0.2, 0.25) is 5.91 Å². The van der Waals surface area contributed by atoms with Crippen molar-refractivity contribution in [3.63, 3.8) is 0 Å². The average molecular weight is 531 g/mol. The van der Waals surface area contributed by atoms with Crippen LogP contribution in [0.3, 0.4) is 0 Å². The predicted octanol–water partition coefficient (Wildman–Crippen LogP) is 2.39. The van der Waals surface area contributed by atoms with Crippen LogP contribution in [0, 0.1) is 5.92 Å². The van der Waals surface area contributed by atoms with Gasteiger partial charge in [0.05, 0.1) is 21.4 Å². The third-order valence-corrected chi connectivity index (χ3v) is 5.35. The lowest BCUT2D eigenvalue weighted by Crippen LogP contribution is -2.37. The average Bonchev–Trinajstić information content (AvgIpc) is 2.98. The Morgan fingerprint density at radius 2 is 1.55 bits per heavy atom. The lowest BCUT2D eigenvalue weighted by atomic mass is 10.0. The van der Waals surface area contributed by atoms with Crippen molar-refractivity contribution in [3.05, 3.63) is 56.5 Å². The molecule has 0 bridgehead atoms. The van der Waals surface area contributed by atoms with E-state index in [2.05, 4.69) is 10.4 Å². The van der Waals surface area contributed by atoms with Crippen molar-refractivity contribution in [3.8, 4) is 0 Å². The van der Waals surface area contributed by atoms with Gasteiger partial charge in [-0.3, -0.25) is 24.0 Å². The van der Waals surface area contributed by atoms with Gasteiger partial charge >= 0.3 is 11.8 Å². The van der Waals surface area contributed by atoms with Crippen LogP contribution < -0.4 is 21.4 Å². The highest BCUT2D eigenvalue weighted by Gasteiger charge is 2.50. The van der Waals surface area contributed by atoms with Gasteiger partial charge in [0.25, 0.3) is 11.8 Å². The first kappa shape index (κ1) is 24.5. The van der Waals surface area contributed by atoms with Gasteiger partial charge in [-0.2, -0.15) is 5.10 Å². The van der Waals surface area contributed by atoms with Crippen molar-refractivity contribution in [2.45, 2.75) is 0 Å². The third-order valence-electron chi connectivity index (χ3n) is 4.27. The summed E-state index contributed by atoms with van der Waals surface area (Å²) in [6, 6.07) is 8.11. The summed E-state index contributed by atoms with van der Waals surface area (Å²) in [5, 5.41) is 6.42. The minimum atomic E-state index is -1.83. The first-order valence-corrected chi connectivity index (χ1v) is 10.3. The fraction of sp³-hybridized carbons (Fsp3) is 0.0526. The van der Waals surface area contributed by atoms with E-state index in [1.807, 2.05) is 0 Å². The van der Waals surface area contributed by atoms with Gasteiger partial charge < -0.3 is 11.1 Å². The maximum absolute atomic E-state index is 13.1. The molecule has 0 spiro atoms. The molecule has 170 valence electrons. The zero-order valence-corrected chi connectivity index (χ0v) is 19.1. The molecule has 0 saturated carbocycles. The highest BCUT2D eigenvalue weighted by Crippen LogP contribution is 2.34. The SMILES string of the molecule is NC(=O)C(=O)N/N=C1/C(=O)N(c2ccc(Cl)cc2Cl)C(=O)[C@H]1C(=O)Nc1ccc(Cl)cc1Cl. The van der Waals surface area contributed by atoms with Crippen LogP contribution in [0.5, 0.6) is 0 Å². The number of hydrazone groups is 1. The smallest absolute Gasteiger partial charge is 0.329 e. The number of hydrogen-bond donors (Lipinski definition) is 3. The molecular weight excluding hydrogens is 520 g/mol. The molecular formula is C19H11Cl4N5O5. The number of nitrogens with two attached hydrogens (primary N) is 1. The summed E-state index contributed by atoms with van der Waals surface area (Å²) < 4.78 is 0. The Labute approximate surface area is 205 Å². The summed E-state index contributed by atoms with van der Waals surface area (Å²) in [5.74, 6) is -7.70. The van der Waals surface area contributed by atoms with Crippen molar-refractivity contribution in [2.75, 3.05) is 10.2 Å². The number of primary amides is 1. The Hall–Kier alpha value is -3.18. The van der Waals surface area contributed by atoms with E-state index in [1.165, 1.54) is 36.4 Å². The topological polar surface area (TPSA) is 151 Å². The van der Waals surface area contributed by atoms with E-state index in [0.29, 0.717) is 9.92 Å². The van der Waals surface area contributed by atoms with E-state index in [0.717, 1.165) is 0 Å². The molecule has 1 fully saturated rings. The van der Waals surface area contributed by atoms with Crippen LogP contribution in [0.1, 0.15) is 0 Å². The van der Waals surface area contributed by atoms with Crippen molar-refractivity contribution >= 4 is 93.0 Å². The Kier molecular flexibility index (Phi) is 7.23. The number of carbonyl (C=O) groups excluding carboxylic acids is 5. The van der Waals surface area contributed by atoms with Crippen LogP contribution in [0.4, 0.5) is 11.4 Å². The minimum absolute atomic E-state index is 0.0609. The summed E-state index contributed by atoms with van der Waals surface area (Å²) in [4.78, 5) is 62.2. The van der Waals surface area contributed by atoms with E-state index < -0.39 is 41.2 Å². The van der Waals surface area contributed by atoms with Crippen LogP contribution in [-0.4, -0.2) is 35.2 Å². The Bertz CT molecular complexity index is 1250. The number of halogens is 4. The number of rotatable bonds is 4. The summed E-state index contributed by atoms with van der Waals surface area (Å²) in [5.41, 5.74) is 5.90. The van der Waals surface area contributed by atoms with E-state index in [9.17, 15) is 24.0 Å². The molecule has 0 unspecified atom stereocenters. The highest BCUT2D eigenvalue weighted by atomic mass is 35.5. The molecule has 2 aromatic carbocycles. The van der Waals surface area contributed by atoms with Gasteiger partial charge in [0.1, 0.15) is 5.71 Å². The number of nitrogens with one attached hydrogen (secondary N) is 2. The Morgan fingerprint density at radius 3 is 2.12 bits per heavy atom. The zero-order valence-electron chi connectivity index (χ0n) is 16.1. The van der Waals surface area contributed by atoms with Crippen LogP contribution in [0.2, 0.25) is 20.1 Å². The maximum atomic E-state index is 13.1. The zero-order chi connectivity index (χ0) is 24.4. The van der Waals surface area contributed by atoms with Crippen LogP contribution >= 0.6 is 46.4 Å². The lowest BCUT2D eigenvalue weighted by molar-refractivity contribution is -0.137. The van der Waals surface area contributed by atoms with Crippen molar-refractivity contribution in [1.82, 2.24) is 5.43 Å². The molecule has 0 radical (unpaired) electrons. The minimum Gasteiger partial charge on any atom is -0.361 e. The monoisotopic (exact) mass is 529 g/mol. The van der Waals surface area contributed by atoms with E-state index in [-0.39, 0.29) is 26.4 Å². The van der Waals surface area contributed by atoms with E-state index >= 15 is 0 Å². The van der Waals surface area contributed by atoms with Crippen LogP contribution in [-0.2, 0) is 24.0 Å². The number of anilines is 2. The van der Waals surface area contributed by atoms with Gasteiger partial charge in [0.15, 0.2) is 5.92 Å². The fourth-order valence-corrected chi connectivity index (χ4v) is 3.73. The predicted molar refractivity (Wildman–Crippen MR) is 122 cm³/mol. The number of benzene rings is 2. The standard InChI is InChI=1S/C19H11Cl4N5O5/c20-7-1-3-11(9(22)5-7)25-16(30)13-14(26-27-17(31)15(24)29)19(33)28(18(13)32)12-4-2-8(21)6-10(12)23/h1-6,13H,(H2,24,29)(H,25,30)(H,27,31)/b26-14+/t13-/m1/s1. The van der Waals surface area contributed by atoms with E-state index in [4.69, 9.17) is 52.1 Å². The number of amides is 5. The van der Waals surface area contributed by atoms with Gasteiger partial charge in [-0.25, -0.2) is 10.3 Å². The number of nitrogens with zero attached hydrogens (tertiary/aromatic N) is 2. The van der Waals surface area contributed by atoms with Crippen molar-refractivity contribution in [1.29, 1.82) is 0 Å². The van der Waals surface area contributed by atoms with Crippen LogP contribution in [0.15, 0.2) is 41.5 Å². The molecule has 4 N–H and O–H groups in total. The molecule has 0 aliphatic carbocycles. The lowest BCUT2D eigenvalue weighted by Gasteiger charge is -2.16. The first-order valence-electron chi connectivity index (χ1n) is 8.78. The second-order valence-electron chi connectivity index (χ2n) is 6.42. The number of carbonyl (C=O) groups is 5. The largest absolute Gasteiger partial charge is 0.361 e. The molecule has 1 atom stereocenters. The summed E-state index contributed by atoms with van der Waals surface area (Å²) in [6.07, 6.45) is 0. The normalized spacial score (nSPS) is 16.8. The molecule has 1 heterocycles. The van der Waals surface area contributed by atoms with Gasteiger partial charge in [-0.1, -0.05) is 46.4 Å². The molecule has 3 rings (SSSR count). The van der Waals surface area contributed by atoms with Crippen LogP contribution in [0.25, 0.3) is 0 Å². The third kappa shape index (κ3) is 5.09. The fourth-order valence-electron chi connectivity index (χ4n) is 2.79. The Balaban J connectivity index is 2.03. The second kappa shape index (κ2) is 9.75. The van der Waals surface area contributed by atoms with Gasteiger partial charge in [-0.05, 0) is 36.4 Å². The Morgan fingerprint density at radius 1 is 0.939 bits per heavy atom. The molecule has 10 nitrogen and oxygen atoms in total. The molecule has 14 heteroatoms. The summed E-state index contributed by atoms with van der Waals surface area (Å²) in [6.45, 7) is 0. The molecule has 1 saturated heterocycles. The highest BCUT2D eigenvalue weighted by molar-refractivity contribution is 6.62. The van der Waals surface area contributed by atoms with Gasteiger partial charge in [-0.15, -0.1) is 0 Å². The molecule has 1 aliphatic rings. The molecule has 0 aromatic heterocycles. The van der Waals surface area contributed by atoms with Gasteiger partial charge in [0, 0.05) is 10.0 Å². The second-order valence-corrected chi connectivity index (χ2v) is 8.11. The quantitative estimate of drug-likeness (QED) is 0.240. The number of hydrogen-bond acceptors (Lipinski definition) is 6. The molecule has 2 aromatic rings. The molecule has 5 amide bonds. The molecule has 33 heavy (non-hydrogen) atoms. The summed E-state index contributed by atoms with van der Waals surface area (Å²) >= 11 is 23.9. The number of imide groups is 1. The first-order chi connectivity index (χ1) is 15.5. The van der Waals surface area contributed by atoms with Crippen molar-refractivity contribution < 1.29 is 24.0 Å². The van der Waals surface area contributed by atoms with Crippen molar-refractivity contribution in [2.24, 2.45) is 16.8 Å². The molecule has 1 aliphatic heterocycles.